The molecule has 0 radical (unpaired) electrons. The summed E-state index contributed by atoms with van der Waals surface area (Å²) < 4.78 is 4.57. The minimum atomic E-state index is -0.112. The van der Waals surface area contributed by atoms with Gasteiger partial charge in [0.2, 0.25) is 0 Å². The van der Waals surface area contributed by atoms with Crippen LogP contribution in [0.25, 0.3) is 0 Å². The van der Waals surface area contributed by atoms with Crippen LogP contribution in [0.3, 0.4) is 0 Å². The minimum absolute atomic E-state index is 0.112. The first-order chi connectivity index (χ1) is 5.33. The van der Waals surface area contributed by atoms with Crippen molar-refractivity contribution in [3.63, 3.8) is 0 Å². The van der Waals surface area contributed by atoms with Crippen LogP contribution in [0.15, 0.2) is 0 Å². The largest absolute Gasteiger partial charge is 0.469 e. The first kappa shape index (κ1) is 8.49. The summed E-state index contributed by atoms with van der Waals surface area (Å²) in [5, 5.41) is 0. The van der Waals surface area contributed by atoms with Crippen molar-refractivity contribution in [3.05, 3.63) is 0 Å². The van der Waals surface area contributed by atoms with Gasteiger partial charge in [-0.2, -0.15) is 0 Å². The highest BCUT2D eigenvalue weighted by molar-refractivity contribution is 5.69. The Morgan fingerprint density at radius 3 is 3.00 bits per heavy atom. The van der Waals surface area contributed by atoms with E-state index in [9.17, 15) is 4.79 Å². The second-order valence-electron chi connectivity index (χ2n) is 2.74. The van der Waals surface area contributed by atoms with Crippen LogP contribution in [0.5, 0.6) is 0 Å². The molecule has 0 saturated carbocycles. The second kappa shape index (κ2) is 4.31. The Morgan fingerprint density at radius 1 is 1.64 bits per heavy atom. The molecule has 0 aliphatic carbocycles. The van der Waals surface area contributed by atoms with Gasteiger partial charge in [0.05, 0.1) is 7.11 Å². The maximum Gasteiger partial charge on any atom is 0.305 e. The molecule has 1 aliphatic rings. The summed E-state index contributed by atoms with van der Waals surface area (Å²) in [5.41, 5.74) is 6.01. The maximum absolute atomic E-state index is 10.8. The van der Waals surface area contributed by atoms with Gasteiger partial charge in [-0.1, -0.05) is 0 Å². The van der Waals surface area contributed by atoms with Crippen LogP contribution >= 0.6 is 0 Å². The zero-order valence-electron chi connectivity index (χ0n) is 6.72. The Morgan fingerprint density at radius 2 is 2.45 bits per heavy atom. The summed E-state index contributed by atoms with van der Waals surface area (Å²) in [6.07, 6.45) is 1.58. The van der Waals surface area contributed by atoms with Gasteiger partial charge in [-0.15, -0.1) is 0 Å². The topological polar surface area (TPSA) is 50.4 Å². The molecule has 4 nitrogen and oxygen atoms in total. The highest BCUT2D eigenvalue weighted by atomic mass is 16.5. The number of hydrogen-bond acceptors (Lipinski definition) is 4. The first-order valence-corrected chi connectivity index (χ1v) is 3.85. The third kappa shape index (κ3) is 2.86. The lowest BCUT2D eigenvalue weighted by molar-refractivity contribution is -0.141. The monoisotopic (exact) mass is 158 g/mol. The second-order valence-corrected chi connectivity index (χ2v) is 2.74. The molecule has 4 heteroatoms. The zero-order chi connectivity index (χ0) is 8.10. The molecule has 0 aromatic carbocycles. The van der Waals surface area contributed by atoms with E-state index in [0.717, 1.165) is 19.5 Å². The van der Waals surface area contributed by atoms with Gasteiger partial charge >= 0.3 is 5.97 Å². The standard InChI is InChI=1S/C7H14N2O2/c1-11-7(10)4-6-2-3-8-9-5-6/h6,8-9H,2-5H2,1H3. The van der Waals surface area contributed by atoms with Crippen molar-refractivity contribution >= 4 is 5.97 Å². The van der Waals surface area contributed by atoms with E-state index in [-0.39, 0.29) is 5.97 Å². The lowest BCUT2D eigenvalue weighted by Crippen LogP contribution is -2.43. The summed E-state index contributed by atoms with van der Waals surface area (Å²) in [5.74, 6) is 0.322. The molecule has 2 N–H and O–H groups in total. The fraction of sp³-hybridized carbons (Fsp3) is 0.857. The van der Waals surface area contributed by atoms with Gasteiger partial charge in [0.15, 0.2) is 0 Å². The van der Waals surface area contributed by atoms with Crippen molar-refractivity contribution in [2.75, 3.05) is 20.2 Å². The molecule has 0 amide bonds. The van der Waals surface area contributed by atoms with Crippen molar-refractivity contribution in [1.29, 1.82) is 0 Å². The van der Waals surface area contributed by atoms with Crippen LogP contribution in [0.4, 0.5) is 0 Å². The van der Waals surface area contributed by atoms with E-state index < -0.39 is 0 Å². The fourth-order valence-corrected chi connectivity index (χ4v) is 1.18. The van der Waals surface area contributed by atoms with Crippen molar-refractivity contribution in [1.82, 2.24) is 10.9 Å². The van der Waals surface area contributed by atoms with Crippen LogP contribution in [0.2, 0.25) is 0 Å². The van der Waals surface area contributed by atoms with Crippen molar-refractivity contribution in [3.8, 4) is 0 Å². The molecule has 1 fully saturated rings. The van der Waals surface area contributed by atoms with E-state index in [1.54, 1.807) is 0 Å². The van der Waals surface area contributed by atoms with Gasteiger partial charge in [-0.05, 0) is 12.3 Å². The van der Waals surface area contributed by atoms with E-state index in [1.165, 1.54) is 7.11 Å². The Kier molecular flexibility index (Phi) is 3.32. The molecule has 64 valence electrons. The maximum atomic E-state index is 10.8. The van der Waals surface area contributed by atoms with E-state index in [1.807, 2.05) is 0 Å². The summed E-state index contributed by atoms with van der Waals surface area (Å²) in [6, 6.07) is 0. The van der Waals surface area contributed by atoms with Crippen LogP contribution in [-0.2, 0) is 9.53 Å². The summed E-state index contributed by atoms with van der Waals surface area (Å²) in [6.45, 7) is 1.79. The molecule has 0 aromatic heterocycles. The average Bonchev–Trinajstić information content (AvgIpc) is 2.06. The fourth-order valence-electron chi connectivity index (χ4n) is 1.18. The molecule has 11 heavy (non-hydrogen) atoms. The van der Waals surface area contributed by atoms with Gasteiger partial charge < -0.3 is 4.74 Å². The molecule has 1 aliphatic heterocycles. The summed E-state index contributed by atoms with van der Waals surface area (Å²) >= 11 is 0. The molecule has 1 unspecified atom stereocenters. The molecule has 1 atom stereocenters. The predicted octanol–water partition coefficient (Wildman–Crippen LogP) is -0.336. The molecule has 1 saturated heterocycles. The third-order valence-electron chi connectivity index (χ3n) is 1.88. The van der Waals surface area contributed by atoms with Gasteiger partial charge in [0, 0.05) is 19.5 Å². The smallest absolute Gasteiger partial charge is 0.305 e. The number of rotatable bonds is 2. The highest BCUT2D eigenvalue weighted by Crippen LogP contribution is 2.09. The minimum Gasteiger partial charge on any atom is -0.469 e. The zero-order valence-corrected chi connectivity index (χ0v) is 6.72. The lowest BCUT2D eigenvalue weighted by atomic mass is 10.0. The summed E-state index contributed by atoms with van der Waals surface area (Å²) in [4.78, 5) is 10.8. The van der Waals surface area contributed by atoms with Crippen LogP contribution < -0.4 is 10.9 Å². The molecule has 0 bridgehead atoms. The highest BCUT2D eigenvalue weighted by Gasteiger charge is 2.16. The molecule has 0 spiro atoms. The number of ether oxygens (including phenoxy) is 1. The van der Waals surface area contributed by atoms with E-state index in [0.29, 0.717) is 12.3 Å². The number of carbonyl (C=O) groups excluding carboxylic acids is 1. The first-order valence-electron chi connectivity index (χ1n) is 3.85. The number of hydrogen-bond donors (Lipinski definition) is 2. The number of methoxy groups -OCH3 is 1. The number of carbonyl (C=O) groups is 1. The van der Waals surface area contributed by atoms with Crippen molar-refractivity contribution in [2.24, 2.45) is 5.92 Å². The van der Waals surface area contributed by atoms with Gasteiger partial charge in [0.1, 0.15) is 0 Å². The van der Waals surface area contributed by atoms with Gasteiger partial charge in [-0.3, -0.25) is 15.6 Å². The van der Waals surface area contributed by atoms with Crippen LogP contribution in [0, 0.1) is 5.92 Å². The van der Waals surface area contributed by atoms with Crippen molar-refractivity contribution < 1.29 is 9.53 Å². The Hall–Kier alpha value is -0.610. The van der Waals surface area contributed by atoms with Crippen LogP contribution in [-0.4, -0.2) is 26.2 Å². The predicted molar refractivity (Wildman–Crippen MR) is 40.7 cm³/mol. The summed E-state index contributed by atoms with van der Waals surface area (Å²) in [7, 11) is 1.43. The molecule has 0 aromatic rings. The molecular formula is C7H14N2O2. The molecular weight excluding hydrogens is 144 g/mol. The SMILES string of the molecule is COC(=O)CC1CCNNC1. The third-order valence-corrected chi connectivity index (χ3v) is 1.88. The van der Waals surface area contributed by atoms with E-state index in [2.05, 4.69) is 15.6 Å². The molecule has 1 rings (SSSR count). The normalized spacial score (nSPS) is 24.6. The average molecular weight is 158 g/mol. The van der Waals surface area contributed by atoms with Crippen molar-refractivity contribution in [2.45, 2.75) is 12.8 Å². The quantitative estimate of drug-likeness (QED) is 0.540. The number of hydrazine groups is 1. The van der Waals surface area contributed by atoms with E-state index >= 15 is 0 Å². The Labute approximate surface area is 66.3 Å². The van der Waals surface area contributed by atoms with Gasteiger partial charge in [-0.25, -0.2) is 0 Å². The van der Waals surface area contributed by atoms with Crippen LogP contribution in [0.1, 0.15) is 12.8 Å². The Bertz CT molecular complexity index is 132. The van der Waals surface area contributed by atoms with Gasteiger partial charge in [0.25, 0.3) is 0 Å². The number of nitrogens with one attached hydrogen (secondary N) is 2. The lowest BCUT2D eigenvalue weighted by Gasteiger charge is -2.22. The molecule has 1 heterocycles. The van der Waals surface area contributed by atoms with E-state index in [4.69, 9.17) is 0 Å². The number of esters is 1. The Balaban J connectivity index is 2.19.